The largest absolute Gasteiger partial charge is 0.302 e. The zero-order valence-corrected chi connectivity index (χ0v) is 16.6. The first-order chi connectivity index (χ1) is 13.1. The summed E-state index contributed by atoms with van der Waals surface area (Å²) >= 11 is 2.81. The minimum Gasteiger partial charge on any atom is -0.302 e. The third-order valence-corrected chi connectivity index (χ3v) is 6.38. The van der Waals surface area contributed by atoms with Crippen molar-refractivity contribution in [2.24, 2.45) is 5.92 Å². The Bertz CT molecular complexity index is 989. The Morgan fingerprint density at radius 3 is 2.78 bits per heavy atom. The lowest BCUT2D eigenvalue weighted by atomic mass is 10.1. The van der Waals surface area contributed by atoms with Crippen LogP contribution in [0.3, 0.4) is 0 Å². The summed E-state index contributed by atoms with van der Waals surface area (Å²) in [5.74, 6) is -0.0179. The normalized spacial score (nSPS) is 14.6. The molecular weight excluding hydrogens is 380 g/mol. The van der Waals surface area contributed by atoms with Gasteiger partial charge in [-0.1, -0.05) is 30.2 Å². The van der Waals surface area contributed by atoms with E-state index in [4.69, 9.17) is 0 Å². The maximum atomic E-state index is 12.3. The van der Waals surface area contributed by atoms with Crippen LogP contribution < -0.4 is 10.6 Å². The second-order valence-electron chi connectivity index (χ2n) is 6.83. The number of aryl methyl sites for hydroxylation is 1. The predicted molar refractivity (Wildman–Crippen MR) is 109 cm³/mol. The number of rotatable bonds is 5. The highest BCUT2D eigenvalue weighted by Crippen LogP contribution is 2.28. The summed E-state index contributed by atoms with van der Waals surface area (Å²) in [5.41, 5.74) is 2.70. The Balaban J connectivity index is 1.35. The SMILES string of the molecule is Cc1ccc2nc(NC(=O)Cc3csc(NC(=O)C4CCCC4)n3)sc2c1. The van der Waals surface area contributed by atoms with Crippen LogP contribution >= 0.6 is 22.7 Å². The number of hydrogen-bond acceptors (Lipinski definition) is 6. The summed E-state index contributed by atoms with van der Waals surface area (Å²) in [6.07, 6.45) is 4.30. The Labute approximate surface area is 165 Å². The highest BCUT2D eigenvalue weighted by atomic mass is 32.1. The molecule has 3 aromatic rings. The molecule has 1 saturated carbocycles. The molecule has 0 atom stereocenters. The molecule has 0 spiro atoms. The number of anilines is 2. The number of nitrogens with one attached hydrogen (secondary N) is 2. The zero-order chi connectivity index (χ0) is 18.8. The molecule has 0 bridgehead atoms. The van der Waals surface area contributed by atoms with Crippen LogP contribution in [0.1, 0.15) is 36.9 Å². The van der Waals surface area contributed by atoms with Crippen molar-refractivity contribution in [3.8, 4) is 0 Å². The summed E-state index contributed by atoms with van der Waals surface area (Å²) in [6.45, 7) is 2.03. The van der Waals surface area contributed by atoms with Crippen LogP contribution in [-0.2, 0) is 16.0 Å². The number of carbonyl (C=O) groups is 2. The quantitative estimate of drug-likeness (QED) is 0.666. The van der Waals surface area contributed by atoms with E-state index >= 15 is 0 Å². The van der Waals surface area contributed by atoms with Crippen molar-refractivity contribution in [3.05, 3.63) is 34.8 Å². The summed E-state index contributed by atoms with van der Waals surface area (Å²) < 4.78 is 1.05. The third-order valence-electron chi connectivity index (χ3n) is 4.64. The van der Waals surface area contributed by atoms with Gasteiger partial charge in [-0.2, -0.15) is 0 Å². The maximum absolute atomic E-state index is 12.3. The number of nitrogens with zero attached hydrogens (tertiary/aromatic N) is 2. The number of aromatic nitrogens is 2. The Morgan fingerprint density at radius 2 is 1.96 bits per heavy atom. The lowest BCUT2D eigenvalue weighted by molar-refractivity contribution is -0.119. The fourth-order valence-corrected chi connectivity index (χ4v) is 4.95. The second-order valence-corrected chi connectivity index (χ2v) is 8.72. The van der Waals surface area contributed by atoms with E-state index < -0.39 is 0 Å². The van der Waals surface area contributed by atoms with Gasteiger partial charge in [-0.15, -0.1) is 11.3 Å². The number of thiazole rings is 2. The highest BCUT2D eigenvalue weighted by Gasteiger charge is 2.23. The minimum atomic E-state index is -0.162. The molecule has 27 heavy (non-hydrogen) atoms. The molecule has 0 unspecified atom stereocenters. The summed E-state index contributed by atoms with van der Waals surface area (Å²) in [7, 11) is 0. The monoisotopic (exact) mass is 400 g/mol. The first kappa shape index (κ1) is 18.1. The molecule has 2 amide bonds. The lowest BCUT2D eigenvalue weighted by Crippen LogP contribution is -2.20. The van der Waals surface area contributed by atoms with Crippen molar-refractivity contribution in [1.82, 2.24) is 9.97 Å². The van der Waals surface area contributed by atoms with Crippen LogP contribution in [0.25, 0.3) is 10.2 Å². The first-order valence-corrected chi connectivity index (χ1v) is 10.7. The molecule has 2 N–H and O–H groups in total. The van der Waals surface area contributed by atoms with E-state index in [-0.39, 0.29) is 24.2 Å². The maximum Gasteiger partial charge on any atom is 0.232 e. The van der Waals surface area contributed by atoms with Crippen LogP contribution in [0.5, 0.6) is 0 Å². The van der Waals surface area contributed by atoms with Crippen LogP contribution in [0, 0.1) is 12.8 Å². The van der Waals surface area contributed by atoms with Crippen molar-refractivity contribution < 1.29 is 9.59 Å². The van der Waals surface area contributed by atoms with E-state index in [0.29, 0.717) is 16.0 Å². The van der Waals surface area contributed by atoms with Gasteiger partial charge in [0.2, 0.25) is 11.8 Å². The first-order valence-electron chi connectivity index (χ1n) is 8.99. The van der Waals surface area contributed by atoms with Gasteiger partial charge in [0.1, 0.15) is 0 Å². The summed E-state index contributed by atoms with van der Waals surface area (Å²) in [6, 6.07) is 6.02. The number of fused-ring (bicyclic) bond motifs is 1. The highest BCUT2D eigenvalue weighted by molar-refractivity contribution is 7.22. The molecule has 2 aromatic heterocycles. The average Bonchev–Trinajstić information content (AvgIpc) is 3.35. The van der Waals surface area contributed by atoms with Gasteiger partial charge < -0.3 is 10.6 Å². The number of hydrogen-bond donors (Lipinski definition) is 2. The summed E-state index contributed by atoms with van der Waals surface area (Å²) in [4.78, 5) is 33.3. The van der Waals surface area contributed by atoms with Crippen molar-refractivity contribution >= 4 is 55.0 Å². The van der Waals surface area contributed by atoms with Gasteiger partial charge in [-0.05, 0) is 37.5 Å². The molecule has 140 valence electrons. The molecule has 0 saturated heterocycles. The number of benzene rings is 1. The Hall–Kier alpha value is -2.32. The second kappa shape index (κ2) is 7.74. The van der Waals surface area contributed by atoms with E-state index in [9.17, 15) is 9.59 Å². The molecule has 1 aliphatic rings. The standard InChI is InChI=1S/C19H20N4O2S2/c1-11-6-7-14-15(8-11)27-19(21-14)22-16(24)9-13-10-26-18(20-13)23-17(25)12-4-2-3-5-12/h6-8,10,12H,2-5,9H2,1H3,(H,20,23,25)(H,21,22,24). The lowest BCUT2D eigenvalue weighted by Gasteiger charge is -2.07. The molecule has 0 radical (unpaired) electrons. The van der Waals surface area contributed by atoms with Gasteiger partial charge in [-0.3, -0.25) is 9.59 Å². The molecule has 8 heteroatoms. The summed E-state index contributed by atoms with van der Waals surface area (Å²) in [5, 5.41) is 8.68. The van der Waals surface area contributed by atoms with Gasteiger partial charge in [-0.25, -0.2) is 9.97 Å². The predicted octanol–water partition coefficient (Wildman–Crippen LogP) is 4.37. The molecule has 6 nitrogen and oxygen atoms in total. The van der Waals surface area contributed by atoms with Crippen LogP contribution in [0.4, 0.5) is 10.3 Å². The van der Waals surface area contributed by atoms with Crippen LogP contribution in [-0.4, -0.2) is 21.8 Å². The smallest absolute Gasteiger partial charge is 0.232 e. The van der Waals surface area contributed by atoms with E-state index in [0.717, 1.165) is 35.9 Å². The number of carbonyl (C=O) groups excluding carboxylic acids is 2. The van der Waals surface area contributed by atoms with Gasteiger partial charge in [0.05, 0.1) is 22.3 Å². The zero-order valence-electron chi connectivity index (χ0n) is 14.9. The molecular formula is C19H20N4O2S2. The molecule has 1 aliphatic carbocycles. The van der Waals surface area contributed by atoms with E-state index in [1.54, 1.807) is 0 Å². The fraction of sp³-hybridized carbons (Fsp3) is 0.368. The van der Waals surface area contributed by atoms with Crippen LogP contribution in [0.15, 0.2) is 23.6 Å². The Kier molecular flexibility index (Phi) is 5.18. The van der Waals surface area contributed by atoms with Gasteiger partial charge in [0, 0.05) is 11.3 Å². The molecule has 1 fully saturated rings. The van der Waals surface area contributed by atoms with Gasteiger partial charge in [0.15, 0.2) is 10.3 Å². The molecule has 1 aromatic carbocycles. The van der Waals surface area contributed by atoms with Crippen molar-refractivity contribution in [1.29, 1.82) is 0 Å². The molecule has 2 heterocycles. The van der Waals surface area contributed by atoms with Crippen molar-refractivity contribution in [2.45, 2.75) is 39.0 Å². The van der Waals surface area contributed by atoms with Crippen molar-refractivity contribution in [3.63, 3.8) is 0 Å². The van der Waals surface area contributed by atoms with Gasteiger partial charge >= 0.3 is 0 Å². The van der Waals surface area contributed by atoms with Gasteiger partial charge in [0.25, 0.3) is 0 Å². The third kappa shape index (κ3) is 4.33. The fourth-order valence-electron chi connectivity index (χ4n) is 3.25. The van der Waals surface area contributed by atoms with E-state index in [1.165, 1.54) is 28.2 Å². The molecule has 0 aliphatic heterocycles. The Morgan fingerprint density at radius 1 is 1.15 bits per heavy atom. The average molecular weight is 401 g/mol. The number of amides is 2. The van der Waals surface area contributed by atoms with Crippen LogP contribution in [0.2, 0.25) is 0 Å². The van der Waals surface area contributed by atoms with E-state index in [2.05, 4.69) is 26.7 Å². The molecule has 4 rings (SSSR count). The van der Waals surface area contributed by atoms with E-state index in [1.807, 2.05) is 24.4 Å². The van der Waals surface area contributed by atoms with Crippen molar-refractivity contribution in [2.75, 3.05) is 10.6 Å². The minimum absolute atomic E-state index is 0.0441. The topological polar surface area (TPSA) is 84.0 Å².